The van der Waals surface area contributed by atoms with Crippen LogP contribution >= 0.6 is 0 Å². The fourth-order valence-electron chi connectivity index (χ4n) is 1.43. The van der Waals surface area contributed by atoms with Gasteiger partial charge < -0.3 is 9.84 Å². The van der Waals surface area contributed by atoms with Crippen LogP contribution in [0.3, 0.4) is 0 Å². The molecule has 0 fully saturated rings. The maximum absolute atomic E-state index is 11.3. The largest absolute Gasteiger partial charge is 0.466 e. The molecular weight excluding hydrogens is 192 g/mol. The molecule has 0 amide bonds. The summed E-state index contributed by atoms with van der Waals surface area (Å²) in [6.07, 6.45) is 0.231. The van der Waals surface area contributed by atoms with E-state index in [9.17, 15) is 9.90 Å². The van der Waals surface area contributed by atoms with Crippen LogP contribution in [0, 0.1) is 0 Å². The minimum Gasteiger partial charge on any atom is -0.466 e. The Morgan fingerprint density at radius 2 is 2.07 bits per heavy atom. The van der Waals surface area contributed by atoms with E-state index in [1.807, 2.05) is 30.3 Å². The molecule has 0 saturated carbocycles. The molecule has 0 aliphatic heterocycles. The number of esters is 1. The van der Waals surface area contributed by atoms with Crippen LogP contribution in [-0.4, -0.2) is 24.3 Å². The van der Waals surface area contributed by atoms with Gasteiger partial charge in [0.1, 0.15) is 0 Å². The molecular formula is C12H16O3. The number of hydrogen-bond acceptors (Lipinski definition) is 3. The Kier molecular flexibility index (Phi) is 4.84. The monoisotopic (exact) mass is 208 g/mol. The summed E-state index contributed by atoms with van der Waals surface area (Å²) in [7, 11) is 0. The fraction of sp³-hybridized carbons (Fsp3) is 0.417. The highest BCUT2D eigenvalue weighted by Gasteiger charge is 2.15. The van der Waals surface area contributed by atoms with Crippen molar-refractivity contribution < 1.29 is 14.6 Å². The predicted octanol–water partition coefficient (Wildman–Crippen LogP) is 1.72. The normalized spacial score (nSPS) is 12.1. The standard InChI is InChI=1S/C12H16O3/c1-2-15-12(14)8-11(9-13)10-6-4-3-5-7-10/h3-7,11,13H,2,8-9H2,1H3/t11-/m1/s1. The fourth-order valence-corrected chi connectivity index (χ4v) is 1.43. The summed E-state index contributed by atoms with van der Waals surface area (Å²) in [4.78, 5) is 11.3. The van der Waals surface area contributed by atoms with Gasteiger partial charge in [-0.15, -0.1) is 0 Å². The summed E-state index contributed by atoms with van der Waals surface area (Å²) in [5.74, 6) is -0.425. The Morgan fingerprint density at radius 1 is 1.40 bits per heavy atom. The van der Waals surface area contributed by atoms with Gasteiger partial charge in [0.15, 0.2) is 0 Å². The number of aliphatic hydroxyl groups excluding tert-OH is 1. The highest BCUT2D eigenvalue weighted by Crippen LogP contribution is 2.19. The Morgan fingerprint density at radius 3 is 2.60 bits per heavy atom. The molecule has 1 N–H and O–H groups in total. The molecule has 1 aromatic carbocycles. The van der Waals surface area contributed by atoms with Gasteiger partial charge in [-0.25, -0.2) is 0 Å². The Labute approximate surface area is 89.7 Å². The molecule has 0 aliphatic carbocycles. The first-order valence-electron chi connectivity index (χ1n) is 5.09. The molecule has 3 heteroatoms. The van der Waals surface area contributed by atoms with Crippen molar-refractivity contribution in [2.45, 2.75) is 19.3 Å². The zero-order valence-corrected chi connectivity index (χ0v) is 8.85. The topological polar surface area (TPSA) is 46.5 Å². The SMILES string of the molecule is CCOC(=O)C[C@H](CO)c1ccccc1. The second kappa shape index (κ2) is 6.19. The quantitative estimate of drug-likeness (QED) is 0.749. The van der Waals surface area contributed by atoms with Crippen LogP contribution in [0.1, 0.15) is 24.8 Å². The van der Waals surface area contributed by atoms with Crippen molar-refractivity contribution >= 4 is 5.97 Å². The lowest BCUT2D eigenvalue weighted by molar-refractivity contribution is -0.143. The van der Waals surface area contributed by atoms with Gasteiger partial charge >= 0.3 is 5.97 Å². The zero-order valence-electron chi connectivity index (χ0n) is 8.85. The van der Waals surface area contributed by atoms with Crippen molar-refractivity contribution in [3.8, 4) is 0 Å². The molecule has 0 bridgehead atoms. The van der Waals surface area contributed by atoms with Gasteiger partial charge in [-0.1, -0.05) is 30.3 Å². The molecule has 82 valence electrons. The van der Waals surface area contributed by atoms with Crippen LogP contribution in [0.5, 0.6) is 0 Å². The van der Waals surface area contributed by atoms with E-state index in [4.69, 9.17) is 4.74 Å². The van der Waals surface area contributed by atoms with E-state index in [2.05, 4.69) is 0 Å². The lowest BCUT2D eigenvalue weighted by Crippen LogP contribution is -2.13. The summed E-state index contributed by atoms with van der Waals surface area (Å²) < 4.78 is 4.85. The lowest BCUT2D eigenvalue weighted by atomic mass is 9.97. The molecule has 0 spiro atoms. The summed E-state index contributed by atoms with van der Waals surface area (Å²) in [6, 6.07) is 9.49. The van der Waals surface area contributed by atoms with Gasteiger partial charge in [0.05, 0.1) is 19.6 Å². The third-order valence-electron chi connectivity index (χ3n) is 2.21. The van der Waals surface area contributed by atoms with Crippen LogP contribution in [0.4, 0.5) is 0 Å². The second-order valence-corrected chi connectivity index (χ2v) is 3.30. The van der Waals surface area contributed by atoms with Crippen molar-refractivity contribution in [1.29, 1.82) is 0 Å². The molecule has 15 heavy (non-hydrogen) atoms. The summed E-state index contributed by atoms with van der Waals surface area (Å²) in [5, 5.41) is 9.19. The van der Waals surface area contributed by atoms with E-state index in [1.165, 1.54) is 0 Å². The van der Waals surface area contributed by atoms with E-state index in [1.54, 1.807) is 6.92 Å². The van der Waals surface area contributed by atoms with Gasteiger partial charge in [-0.2, -0.15) is 0 Å². The molecule has 1 aromatic rings. The zero-order chi connectivity index (χ0) is 11.1. The van der Waals surface area contributed by atoms with Crippen LogP contribution in [0.25, 0.3) is 0 Å². The first-order chi connectivity index (χ1) is 7.27. The highest BCUT2D eigenvalue weighted by atomic mass is 16.5. The summed E-state index contributed by atoms with van der Waals surface area (Å²) in [6.45, 7) is 2.11. The van der Waals surface area contributed by atoms with Crippen LogP contribution in [-0.2, 0) is 9.53 Å². The third kappa shape index (κ3) is 3.72. The van der Waals surface area contributed by atoms with Crippen molar-refractivity contribution in [1.82, 2.24) is 0 Å². The van der Waals surface area contributed by atoms with Crippen molar-refractivity contribution in [3.63, 3.8) is 0 Å². The number of benzene rings is 1. The number of hydrogen-bond donors (Lipinski definition) is 1. The number of aliphatic hydroxyl groups is 1. The third-order valence-corrected chi connectivity index (χ3v) is 2.21. The van der Waals surface area contributed by atoms with Gasteiger partial charge in [0.25, 0.3) is 0 Å². The molecule has 1 atom stereocenters. The molecule has 1 rings (SSSR count). The van der Waals surface area contributed by atoms with Crippen LogP contribution in [0.15, 0.2) is 30.3 Å². The van der Waals surface area contributed by atoms with Crippen molar-refractivity contribution in [2.75, 3.05) is 13.2 Å². The number of ether oxygens (including phenoxy) is 1. The maximum Gasteiger partial charge on any atom is 0.306 e. The minimum absolute atomic E-state index is 0.0389. The predicted molar refractivity (Wildman–Crippen MR) is 57.5 cm³/mol. The minimum atomic E-state index is -0.264. The molecule has 0 unspecified atom stereocenters. The first kappa shape index (κ1) is 11.7. The Balaban J connectivity index is 2.61. The van der Waals surface area contributed by atoms with Gasteiger partial charge in [0, 0.05) is 5.92 Å². The average molecular weight is 208 g/mol. The molecule has 0 aromatic heterocycles. The van der Waals surface area contributed by atoms with E-state index >= 15 is 0 Å². The van der Waals surface area contributed by atoms with Gasteiger partial charge in [-0.05, 0) is 12.5 Å². The summed E-state index contributed by atoms with van der Waals surface area (Å²) >= 11 is 0. The van der Waals surface area contributed by atoms with E-state index < -0.39 is 0 Å². The maximum atomic E-state index is 11.3. The molecule has 0 aliphatic rings. The molecule has 3 nitrogen and oxygen atoms in total. The van der Waals surface area contributed by atoms with E-state index in [0.29, 0.717) is 6.61 Å². The smallest absolute Gasteiger partial charge is 0.306 e. The van der Waals surface area contributed by atoms with Crippen LogP contribution < -0.4 is 0 Å². The number of rotatable bonds is 5. The average Bonchev–Trinajstić information content (AvgIpc) is 2.27. The van der Waals surface area contributed by atoms with Crippen molar-refractivity contribution in [3.05, 3.63) is 35.9 Å². The number of carbonyl (C=O) groups is 1. The first-order valence-corrected chi connectivity index (χ1v) is 5.09. The van der Waals surface area contributed by atoms with Gasteiger partial charge in [-0.3, -0.25) is 4.79 Å². The van der Waals surface area contributed by atoms with Crippen molar-refractivity contribution in [2.24, 2.45) is 0 Å². The summed E-state index contributed by atoms with van der Waals surface area (Å²) in [5.41, 5.74) is 0.966. The number of carbonyl (C=O) groups excluding carboxylic acids is 1. The molecule has 0 heterocycles. The lowest BCUT2D eigenvalue weighted by Gasteiger charge is -2.13. The Bertz CT molecular complexity index is 295. The van der Waals surface area contributed by atoms with Gasteiger partial charge in [0.2, 0.25) is 0 Å². The van der Waals surface area contributed by atoms with Crippen LogP contribution in [0.2, 0.25) is 0 Å². The highest BCUT2D eigenvalue weighted by molar-refractivity contribution is 5.70. The second-order valence-electron chi connectivity index (χ2n) is 3.30. The van der Waals surface area contributed by atoms with E-state index in [-0.39, 0.29) is 24.9 Å². The molecule has 0 saturated heterocycles. The van der Waals surface area contributed by atoms with E-state index in [0.717, 1.165) is 5.56 Å². The molecule has 0 radical (unpaired) electrons. The Hall–Kier alpha value is -1.35.